The van der Waals surface area contributed by atoms with Gasteiger partial charge in [0.05, 0.1) is 0 Å². The van der Waals surface area contributed by atoms with E-state index < -0.39 is 0 Å². The van der Waals surface area contributed by atoms with E-state index in [-0.39, 0.29) is 17.6 Å². The van der Waals surface area contributed by atoms with Crippen LogP contribution in [-0.4, -0.2) is 17.6 Å². The Hall–Kier alpha value is -0.570. The van der Waals surface area contributed by atoms with Gasteiger partial charge in [0.2, 0.25) is 0 Å². The highest BCUT2D eigenvalue weighted by atomic mass is 16.6. The van der Waals surface area contributed by atoms with Crippen molar-refractivity contribution in [3.05, 3.63) is 0 Å². The molecule has 0 saturated heterocycles. The number of rotatable bonds is 2. The molecule has 2 N–H and O–H groups in total. The van der Waals surface area contributed by atoms with E-state index in [0.29, 0.717) is 12.3 Å². The van der Waals surface area contributed by atoms with Crippen LogP contribution in [0.15, 0.2) is 0 Å². The number of hydrogen-bond acceptors (Lipinski definition) is 3. The number of hydrogen-bond donors (Lipinski definition) is 1. The molecule has 1 saturated carbocycles. The Kier molecular flexibility index (Phi) is 2.96. The van der Waals surface area contributed by atoms with E-state index in [1.54, 1.807) is 0 Å². The summed E-state index contributed by atoms with van der Waals surface area (Å²) in [5.74, 6) is 0.238. The van der Waals surface area contributed by atoms with Gasteiger partial charge in [0.1, 0.15) is 5.60 Å². The van der Waals surface area contributed by atoms with Gasteiger partial charge < -0.3 is 10.5 Å². The fourth-order valence-electron chi connectivity index (χ4n) is 1.45. The van der Waals surface area contributed by atoms with Gasteiger partial charge in [0.25, 0.3) is 0 Å². The first kappa shape index (κ1) is 10.5. The normalized spacial score (nSPS) is 28.0. The summed E-state index contributed by atoms with van der Waals surface area (Å²) in [7, 11) is 0. The Morgan fingerprint density at radius 1 is 1.46 bits per heavy atom. The Morgan fingerprint density at radius 3 is 2.38 bits per heavy atom. The molecule has 2 atom stereocenters. The number of carbonyl (C=O) groups excluding carboxylic acids is 1. The van der Waals surface area contributed by atoms with Crippen molar-refractivity contribution in [1.29, 1.82) is 0 Å². The second-order valence-corrected chi connectivity index (χ2v) is 4.79. The Morgan fingerprint density at radius 2 is 2.08 bits per heavy atom. The first-order chi connectivity index (χ1) is 5.88. The summed E-state index contributed by atoms with van der Waals surface area (Å²) in [6, 6.07) is 0.215. The van der Waals surface area contributed by atoms with E-state index in [0.717, 1.165) is 12.8 Å². The molecule has 0 bridgehead atoms. The van der Waals surface area contributed by atoms with Crippen molar-refractivity contribution in [2.45, 2.75) is 51.7 Å². The maximum Gasteiger partial charge on any atom is 0.306 e. The lowest BCUT2D eigenvalue weighted by Crippen LogP contribution is -2.41. The SMILES string of the molecule is CC(C)(C)OC(=O)C[C@@H]1CC[C@@H]1N. The molecule has 0 aromatic rings. The highest BCUT2D eigenvalue weighted by Gasteiger charge is 2.30. The zero-order valence-corrected chi connectivity index (χ0v) is 8.67. The molecule has 0 aromatic carbocycles. The van der Waals surface area contributed by atoms with Crippen molar-refractivity contribution >= 4 is 5.97 Å². The third-order valence-electron chi connectivity index (χ3n) is 2.33. The third-order valence-corrected chi connectivity index (χ3v) is 2.33. The minimum absolute atomic E-state index is 0.118. The molecule has 0 aromatic heterocycles. The Labute approximate surface area is 79.6 Å². The van der Waals surface area contributed by atoms with Gasteiger partial charge >= 0.3 is 5.97 Å². The van der Waals surface area contributed by atoms with Crippen LogP contribution in [0.1, 0.15) is 40.0 Å². The van der Waals surface area contributed by atoms with Crippen LogP contribution in [-0.2, 0) is 9.53 Å². The van der Waals surface area contributed by atoms with Crippen LogP contribution in [0.4, 0.5) is 0 Å². The van der Waals surface area contributed by atoms with Crippen LogP contribution in [0.3, 0.4) is 0 Å². The molecule has 0 spiro atoms. The lowest BCUT2D eigenvalue weighted by molar-refractivity contribution is -0.156. The summed E-state index contributed by atoms with van der Waals surface area (Å²) in [5.41, 5.74) is 5.36. The van der Waals surface area contributed by atoms with Crippen LogP contribution in [0.2, 0.25) is 0 Å². The average Bonchev–Trinajstić information content (AvgIpc) is 1.94. The molecular weight excluding hydrogens is 166 g/mol. The topological polar surface area (TPSA) is 52.3 Å². The second kappa shape index (κ2) is 3.66. The summed E-state index contributed by atoms with van der Waals surface area (Å²) in [6.07, 6.45) is 2.60. The molecule has 3 heteroatoms. The monoisotopic (exact) mass is 185 g/mol. The molecule has 0 unspecified atom stereocenters. The molecule has 1 fully saturated rings. The number of nitrogens with two attached hydrogens (primary N) is 1. The van der Waals surface area contributed by atoms with Crippen LogP contribution >= 0.6 is 0 Å². The summed E-state index contributed by atoms with van der Waals surface area (Å²) in [6.45, 7) is 5.64. The summed E-state index contributed by atoms with van der Waals surface area (Å²) in [4.78, 5) is 11.3. The van der Waals surface area contributed by atoms with Crippen LogP contribution in [0.5, 0.6) is 0 Å². The van der Waals surface area contributed by atoms with E-state index in [9.17, 15) is 4.79 Å². The zero-order chi connectivity index (χ0) is 10.1. The first-order valence-corrected chi connectivity index (χ1v) is 4.86. The highest BCUT2D eigenvalue weighted by Crippen LogP contribution is 2.29. The quantitative estimate of drug-likeness (QED) is 0.662. The first-order valence-electron chi connectivity index (χ1n) is 4.86. The van der Waals surface area contributed by atoms with E-state index in [1.165, 1.54) is 0 Å². The van der Waals surface area contributed by atoms with Gasteiger partial charge in [-0.05, 0) is 39.5 Å². The lowest BCUT2D eigenvalue weighted by Gasteiger charge is -2.33. The summed E-state index contributed by atoms with van der Waals surface area (Å²) >= 11 is 0. The molecule has 1 aliphatic carbocycles. The molecule has 13 heavy (non-hydrogen) atoms. The number of ether oxygens (including phenoxy) is 1. The van der Waals surface area contributed by atoms with Crippen molar-refractivity contribution < 1.29 is 9.53 Å². The van der Waals surface area contributed by atoms with Crippen molar-refractivity contribution in [3.8, 4) is 0 Å². The summed E-state index contributed by atoms with van der Waals surface area (Å²) in [5, 5.41) is 0. The third kappa shape index (κ3) is 3.35. The fraction of sp³-hybridized carbons (Fsp3) is 0.900. The lowest BCUT2D eigenvalue weighted by atomic mass is 9.78. The Balaban J connectivity index is 2.25. The molecule has 1 rings (SSSR count). The minimum atomic E-state index is -0.370. The number of carbonyl (C=O) groups is 1. The largest absolute Gasteiger partial charge is 0.460 e. The molecule has 1 aliphatic rings. The maximum atomic E-state index is 11.3. The van der Waals surface area contributed by atoms with Gasteiger partial charge in [-0.3, -0.25) is 4.79 Å². The summed E-state index contributed by atoms with van der Waals surface area (Å²) < 4.78 is 5.20. The second-order valence-electron chi connectivity index (χ2n) is 4.79. The van der Waals surface area contributed by atoms with E-state index in [4.69, 9.17) is 10.5 Å². The van der Waals surface area contributed by atoms with Gasteiger partial charge in [0.15, 0.2) is 0 Å². The van der Waals surface area contributed by atoms with Gasteiger partial charge in [-0.1, -0.05) is 0 Å². The van der Waals surface area contributed by atoms with Crippen LogP contribution in [0, 0.1) is 5.92 Å². The average molecular weight is 185 g/mol. The predicted octanol–water partition coefficient (Wildman–Crippen LogP) is 1.46. The van der Waals surface area contributed by atoms with Crippen molar-refractivity contribution in [3.63, 3.8) is 0 Å². The van der Waals surface area contributed by atoms with Crippen LogP contribution in [0.25, 0.3) is 0 Å². The zero-order valence-electron chi connectivity index (χ0n) is 8.67. The predicted molar refractivity (Wildman–Crippen MR) is 51.2 cm³/mol. The van der Waals surface area contributed by atoms with E-state index in [2.05, 4.69) is 0 Å². The van der Waals surface area contributed by atoms with Crippen molar-refractivity contribution in [1.82, 2.24) is 0 Å². The van der Waals surface area contributed by atoms with Crippen LogP contribution < -0.4 is 5.73 Å². The highest BCUT2D eigenvalue weighted by molar-refractivity contribution is 5.70. The van der Waals surface area contributed by atoms with E-state index in [1.807, 2.05) is 20.8 Å². The van der Waals surface area contributed by atoms with Crippen molar-refractivity contribution in [2.75, 3.05) is 0 Å². The standard InChI is InChI=1S/C10H19NO2/c1-10(2,3)13-9(12)6-7-4-5-8(7)11/h7-8H,4-6,11H2,1-3H3/t7-,8-/m0/s1. The van der Waals surface area contributed by atoms with Crippen molar-refractivity contribution in [2.24, 2.45) is 11.7 Å². The molecular formula is C10H19NO2. The Bertz CT molecular complexity index is 196. The molecule has 0 aliphatic heterocycles. The van der Waals surface area contributed by atoms with Gasteiger partial charge in [-0.15, -0.1) is 0 Å². The fourth-order valence-corrected chi connectivity index (χ4v) is 1.45. The molecule has 0 heterocycles. The maximum absolute atomic E-state index is 11.3. The van der Waals surface area contributed by atoms with Gasteiger partial charge in [-0.2, -0.15) is 0 Å². The molecule has 0 amide bonds. The molecule has 0 radical (unpaired) electrons. The molecule has 76 valence electrons. The van der Waals surface area contributed by atoms with Gasteiger partial charge in [-0.25, -0.2) is 0 Å². The smallest absolute Gasteiger partial charge is 0.306 e. The van der Waals surface area contributed by atoms with E-state index >= 15 is 0 Å². The van der Waals surface area contributed by atoms with Gasteiger partial charge in [0, 0.05) is 12.5 Å². The number of esters is 1. The molecule has 3 nitrogen and oxygen atoms in total. The minimum Gasteiger partial charge on any atom is -0.460 e.